The van der Waals surface area contributed by atoms with Crippen molar-refractivity contribution in [3.63, 3.8) is 0 Å². The first-order chi connectivity index (χ1) is 14.3. The van der Waals surface area contributed by atoms with Gasteiger partial charge >= 0.3 is 0 Å². The van der Waals surface area contributed by atoms with Gasteiger partial charge in [0.2, 0.25) is 11.1 Å². The first kappa shape index (κ1) is 19.4. The molecule has 0 aromatic carbocycles. The lowest BCUT2D eigenvalue weighted by molar-refractivity contribution is 0.233. The van der Waals surface area contributed by atoms with Crippen molar-refractivity contribution in [1.82, 2.24) is 24.2 Å². The van der Waals surface area contributed by atoms with Crippen molar-refractivity contribution in [3.05, 3.63) is 67.1 Å². The van der Waals surface area contributed by atoms with Crippen molar-refractivity contribution in [2.45, 2.75) is 25.3 Å². The van der Waals surface area contributed by atoms with Crippen LogP contribution < -0.4 is 10.2 Å². The molecule has 1 aliphatic heterocycles. The SMILES string of the molecule is CN(CCCNC(C1=CC=CCC1)C1=COC=CO1)c1nc(-n2ccnc2)ns1. The van der Waals surface area contributed by atoms with Gasteiger partial charge in [0.25, 0.3) is 0 Å². The van der Waals surface area contributed by atoms with Crippen LogP contribution in [0.3, 0.4) is 0 Å². The molecule has 3 heterocycles. The average molecular weight is 413 g/mol. The fourth-order valence-electron chi connectivity index (χ4n) is 3.19. The Hall–Kier alpha value is -2.91. The normalized spacial score (nSPS) is 16.6. The largest absolute Gasteiger partial charge is 0.466 e. The van der Waals surface area contributed by atoms with Crippen LogP contribution >= 0.6 is 11.5 Å². The molecule has 0 saturated heterocycles. The van der Waals surface area contributed by atoms with Crippen LogP contribution in [0.5, 0.6) is 0 Å². The third-order valence-corrected chi connectivity index (χ3v) is 5.53. The molecule has 9 heteroatoms. The second-order valence-electron chi connectivity index (χ2n) is 6.76. The van der Waals surface area contributed by atoms with Gasteiger partial charge in [-0.25, -0.2) is 4.98 Å². The van der Waals surface area contributed by atoms with E-state index in [2.05, 4.69) is 42.8 Å². The van der Waals surface area contributed by atoms with Crippen molar-refractivity contribution >= 4 is 16.7 Å². The molecule has 0 amide bonds. The van der Waals surface area contributed by atoms with Gasteiger partial charge in [0.15, 0.2) is 5.76 Å². The van der Waals surface area contributed by atoms with Gasteiger partial charge in [-0.05, 0) is 31.4 Å². The Bertz CT molecular complexity index is 915. The second kappa shape index (κ2) is 9.53. The smallest absolute Gasteiger partial charge is 0.248 e. The van der Waals surface area contributed by atoms with E-state index < -0.39 is 0 Å². The number of imidazole rings is 1. The molecule has 1 aliphatic carbocycles. The second-order valence-corrected chi connectivity index (χ2v) is 7.49. The molecular weight excluding hydrogens is 388 g/mol. The zero-order valence-corrected chi connectivity index (χ0v) is 17.1. The molecule has 0 radical (unpaired) electrons. The highest BCUT2D eigenvalue weighted by atomic mass is 32.1. The third-order valence-electron chi connectivity index (χ3n) is 4.71. The lowest BCUT2D eigenvalue weighted by Crippen LogP contribution is -2.36. The molecule has 2 aromatic heterocycles. The Morgan fingerprint density at radius 2 is 2.34 bits per heavy atom. The zero-order chi connectivity index (χ0) is 19.9. The summed E-state index contributed by atoms with van der Waals surface area (Å²) in [6.07, 6.45) is 19.5. The van der Waals surface area contributed by atoms with Crippen LogP contribution in [0.15, 0.2) is 67.1 Å². The lowest BCUT2D eigenvalue weighted by atomic mass is 9.96. The summed E-state index contributed by atoms with van der Waals surface area (Å²) in [4.78, 5) is 10.7. The zero-order valence-electron chi connectivity index (χ0n) is 16.3. The van der Waals surface area contributed by atoms with Crippen LogP contribution in [0, 0.1) is 0 Å². The number of allylic oxidation sites excluding steroid dienone is 3. The van der Waals surface area contributed by atoms with Gasteiger partial charge < -0.3 is 19.7 Å². The maximum atomic E-state index is 5.67. The van der Waals surface area contributed by atoms with E-state index in [-0.39, 0.29) is 6.04 Å². The Labute approximate surface area is 174 Å². The van der Waals surface area contributed by atoms with Gasteiger partial charge in [0.1, 0.15) is 25.1 Å². The number of anilines is 1. The Morgan fingerprint density at radius 1 is 1.38 bits per heavy atom. The van der Waals surface area contributed by atoms with Crippen molar-refractivity contribution in [2.75, 3.05) is 25.0 Å². The van der Waals surface area contributed by atoms with Gasteiger partial charge in [-0.2, -0.15) is 9.36 Å². The van der Waals surface area contributed by atoms with Crippen molar-refractivity contribution < 1.29 is 9.47 Å². The molecule has 2 aromatic rings. The Kier molecular flexibility index (Phi) is 6.38. The molecular formula is C20H24N6O2S. The number of aromatic nitrogens is 4. The van der Waals surface area contributed by atoms with Gasteiger partial charge in [0.05, 0.1) is 6.04 Å². The predicted molar refractivity (Wildman–Crippen MR) is 113 cm³/mol. The number of nitrogens with one attached hydrogen (secondary N) is 1. The first-order valence-electron chi connectivity index (χ1n) is 9.60. The summed E-state index contributed by atoms with van der Waals surface area (Å²) in [6.45, 7) is 1.71. The minimum Gasteiger partial charge on any atom is -0.466 e. The summed E-state index contributed by atoms with van der Waals surface area (Å²) in [5.41, 5.74) is 1.31. The summed E-state index contributed by atoms with van der Waals surface area (Å²) >= 11 is 1.39. The summed E-state index contributed by atoms with van der Waals surface area (Å²) in [6, 6.07) is 0.0181. The van der Waals surface area contributed by atoms with Crippen LogP contribution in [-0.4, -0.2) is 45.1 Å². The van der Waals surface area contributed by atoms with E-state index in [4.69, 9.17) is 9.47 Å². The monoisotopic (exact) mass is 412 g/mol. The molecule has 0 bridgehead atoms. The van der Waals surface area contributed by atoms with E-state index >= 15 is 0 Å². The molecule has 29 heavy (non-hydrogen) atoms. The van der Waals surface area contributed by atoms with E-state index in [1.807, 2.05) is 13.2 Å². The highest BCUT2D eigenvalue weighted by Crippen LogP contribution is 2.23. The molecule has 0 saturated carbocycles. The molecule has 1 atom stereocenters. The standard InChI is InChI=1S/C20H24N6O2S/c1-25(20-23-19(24-29-20)26-11-9-21-15-26)10-5-8-22-18(16-6-3-2-4-7-16)17-14-27-12-13-28-17/h2-3,6,9,11-15,18,22H,4-5,7-8,10H2,1H3. The highest BCUT2D eigenvalue weighted by molar-refractivity contribution is 7.09. The lowest BCUT2D eigenvalue weighted by Gasteiger charge is -2.26. The molecule has 1 N–H and O–H groups in total. The maximum Gasteiger partial charge on any atom is 0.248 e. The number of ether oxygens (including phenoxy) is 2. The van der Waals surface area contributed by atoms with Crippen LogP contribution in [0.2, 0.25) is 0 Å². The van der Waals surface area contributed by atoms with Crippen molar-refractivity contribution in [2.24, 2.45) is 0 Å². The molecule has 8 nitrogen and oxygen atoms in total. The first-order valence-corrected chi connectivity index (χ1v) is 10.4. The summed E-state index contributed by atoms with van der Waals surface area (Å²) in [5, 5.41) is 4.50. The summed E-state index contributed by atoms with van der Waals surface area (Å²) in [7, 11) is 2.04. The van der Waals surface area contributed by atoms with E-state index in [9.17, 15) is 0 Å². The quantitative estimate of drug-likeness (QED) is 0.634. The van der Waals surface area contributed by atoms with E-state index in [0.29, 0.717) is 5.95 Å². The van der Waals surface area contributed by atoms with Gasteiger partial charge in [-0.3, -0.25) is 4.57 Å². The molecule has 4 rings (SSSR count). The van der Waals surface area contributed by atoms with E-state index in [1.165, 1.54) is 23.4 Å². The minimum atomic E-state index is 0.0181. The number of rotatable bonds is 9. The van der Waals surface area contributed by atoms with Crippen LogP contribution in [-0.2, 0) is 9.47 Å². The van der Waals surface area contributed by atoms with Crippen LogP contribution in [0.1, 0.15) is 19.3 Å². The Balaban J connectivity index is 1.30. The average Bonchev–Trinajstić information content (AvgIpc) is 3.47. The third kappa shape index (κ3) is 4.93. The number of hydrogen-bond acceptors (Lipinski definition) is 8. The summed E-state index contributed by atoms with van der Waals surface area (Å²) < 4.78 is 17.2. The molecule has 1 unspecified atom stereocenters. The fourth-order valence-corrected chi connectivity index (χ4v) is 3.84. The predicted octanol–water partition coefficient (Wildman–Crippen LogP) is 3.14. The van der Waals surface area contributed by atoms with Crippen LogP contribution in [0.25, 0.3) is 5.95 Å². The molecule has 0 fully saturated rings. The minimum absolute atomic E-state index is 0.0181. The van der Waals surface area contributed by atoms with E-state index in [1.54, 1.807) is 29.6 Å². The van der Waals surface area contributed by atoms with Gasteiger partial charge in [-0.1, -0.05) is 18.2 Å². The Morgan fingerprint density at radius 3 is 3.10 bits per heavy atom. The fraction of sp³-hybridized carbons (Fsp3) is 0.350. The summed E-state index contributed by atoms with van der Waals surface area (Å²) in [5.74, 6) is 1.44. The van der Waals surface area contributed by atoms with E-state index in [0.717, 1.165) is 43.2 Å². The molecule has 0 spiro atoms. The molecule has 2 aliphatic rings. The topological polar surface area (TPSA) is 77.3 Å². The maximum absolute atomic E-state index is 5.67. The number of hydrogen-bond donors (Lipinski definition) is 1. The van der Waals surface area contributed by atoms with Gasteiger partial charge in [-0.15, -0.1) is 0 Å². The van der Waals surface area contributed by atoms with Crippen molar-refractivity contribution in [3.8, 4) is 5.95 Å². The van der Waals surface area contributed by atoms with Crippen LogP contribution in [0.4, 0.5) is 5.13 Å². The van der Waals surface area contributed by atoms with Gasteiger partial charge in [0, 0.05) is 37.5 Å². The molecule has 152 valence electrons. The number of nitrogens with zero attached hydrogens (tertiary/aromatic N) is 5. The highest BCUT2D eigenvalue weighted by Gasteiger charge is 2.22. The van der Waals surface area contributed by atoms with Crippen molar-refractivity contribution in [1.29, 1.82) is 0 Å².